The van der Waals surface area contributed by atoms with Gasteiger partial charge in [0.25, 0.3) is 0 Å². The Labute approximate surface area is 109 Å². The first kappa shape index (κ1) is 13.2. The van der Waals surface area contributed by atoms with Crippen LogP contribution in [0.25, 0.3) is 0 Å². The van der Waals surface area contributed by atoms with Gasteiger partial charge in [-0.2, -0.15) is 10.2 Å². The van der Waals surface area contributed by atoms with Crippen LogP contribution in [-0.4, -0.2) is 46.1 Å². The number of carbonyl (C=O) groups is 2. The zero-order valence-corrected chi connectivity index (χ0v) is 10.1. The first-order valence-electron chi connectivity index (χ1n) is 5.76. The molecule has 2 heterocycles. The quantitative estimate of drug-likeness (QED) is 0.678. The van der Waals surface area contributed by atoms with Crippen LogP contribution in [0.5, 0.6) is 0 Å². The lowest BCUT2D eigenvalue weighted by Crippen LogP contribution is -2.57. The molecule has 0 radical (unpaired) electrons. The van der Waals surface area contributed by atoms with Crippen molar-refractivity contribution < 1.29 is 19.4 Å². The van der Waals surface area contributed by atoms with Crippen molar-refractivity contribution in [3.63, 3.8) is 0 Å². The van der Waals surface area contributed by atoms with E-state index in [1.807, 2.05) is 0 Å². The number of carbonyl (C=O) groups excluding carboxylic acids is 1. The molecule has 0 aromatic carbocycles. The molecule has 2 rings (SSSR count). The van der Waals surface area contributed by atoms with E-state index in [-0.39, 0.29) is 19.6 Å². The first-order valence-corrected chi connectivity index (χ1v) is 5.76. The van der Waals surface area contributed by atoms with Crippen LogP contribution in [0.15, 0.2) is 18.3 Å². The van der Waals surface area contributed by atoms with E-state index in [0.717, 1.165) is 0 Å². The van der Waals surface area contributed by atoms with Gasteiger partial charge in [-0.05, 0) is 12.1 Å². The number of nitrogens with zero attached hydrogens (tertiary/aromatic N) is 2. The van der Waals surface area contributed by atoms with Gasteiger partial charge in [0, 0.05) is 19.2 Å². The number of rotatable bonds is 4. The summed E-state index contributed by atoms with van der Waals surface area (Å²) in [5.74, 6) is -1.10. The predicted molar refractivity (Wildman–Crippen MR) is 63.2 cm³/mol. The summed E-state index contributed by atoms with van der Waals surface area (Å²) in [5, 5.41) is 21.6. The molecular formula is C11H14N4O4. The highest BCUT2D eigenvalue weighted by Crippen LogP contribution is 2.18. The van der Waals surface area contributed by atoms with Gasteiger partial charge in [-0.25, -0.2) is 9.59 Å². The van der Waals surface area contributed by atoms with Gasteiger partial charge in [0.2, 0.25) is 0 Å². The Balaban J connectivity index is 1.88. The SMILES string of the molecule is O=C(NCc1cccnn1)NC1(C(=O)O)CCOC1. The van der Waals surface area contributed by atoms with Crippen LogP contribution in [-0.2, 0) is 16.1 Å². The van der Waals surface area contributed by atoms with Gasteiger partial charge >= 0.3 is 12.0 Å². The maximum atomic E-state index is 11.7. The van der Waals surface area contributed by atoms with E-state index < -0.39 is 17.5 Å². The maximum absolute atomic E-state index is 11.7. The number of aliphatic carboxylic acids is 1. The van der Waals surface area contributed by atoms with E-state index in [1.165, 1.54) is 6.20 Å². The van der Waals surface area contributed by atoms with Crippen molar-refractivity contribution in [3.8, 4) is 0 Å². The van der Waals surface area contributed by atoms with Gasteiger partial charge < -0.3 is 20.5 Å². The zero-order chi connectivity index (χ0) is 13.7. The molecule has 1 unspecified atom stereocenters. The second-order valence-corrected chi connectivity index (χ2v) is 4.21. The third kappa shape index (κ3) is 3.16. The fourth-order valence-electron chi connectivity index (χ4n) is 1.75. The number of hydrogen-bond donors (Lipinski definition) is 3. The van der Waals surface area contributed by atoms with Crippen molar-refractivity contribution >= 4 is 12.0 Å². The molecule has 0 spiro atoms. The van der Waals surface area contributed by atoms with Crippen molar-refractivity contribution in [2.45, 2.75) is 18.5 Å². The number of ether oxygens (including phenoxy) is 1. The first-order chi connectivity index (χ1) is 9.12. The zero-order valence-electron chi connectivity index (χ0n) is 10.1. The standard InChI is InChI=1S/C11H14N4O4/c16-9(17)11(3-5-19-7-11)14-10(18)12-6-8-2-1-4-13-15-8/h1-2,4H,3,5-7H2,(H,16,17)(H2,12,14,18). The smallest absolute Gasteiger partial charge is 0.332 e. The lowest BCUT2D eigenvalue weighted by Gasteiger charge is -2.23. The van der Waals surface area contributed by atoms with Crippen molar-refractivity contribution in [1.82, 2.24) is 20.8 Å². The van der Waals surface area contributed by atoms with Crippen LogP contribution in [0.4, 0.5) is 4.79 Å². The van der Waals surface area contributed by atoms with Crippen LogP contribution >= 0.6 is 0 Å². The van der Waals surface area contributed by atoms with Gasteiger partial charge in [-0.1, -0.05) is 0 Å². The van der Waals surface area contributed by atoms with Crippen LogP contribution in [0.1, 0.15) is 12.1 Å². The lowest BCUT2D eigenvalue weighted by molar-refractivity contribution is -0.144. The molecule has 1 aliphatic rings. The monoisotopic (exact) mass is 266 g/mol. The molecule has 1 atom stereocenters. The van der Waals surface area contributed by atoms with Crippen molar-refractivity contribution in [2.75, 3.05) is 13.2 Å². The Morgan fingerprint density at radius 3 is 2.95 bits per heavy atom. The summed E-state index contributed by atoms with van der Waals surface area (Å²) in [7, 11) is 0. The molecule has 3 N–H and O–H groups in total. The van der Waals surface area contributed by atoms with E-state index in [4.69, 9.17) is 9.84 Å². The highest BCUT2D eigenvalue weighted by atomic mass is 16.5. The number of urea groups is 1. The summed E-state index contributed by atoms with van der Waals surface area (Å²) >= 11 is 0. The Morgan fingerprint density at radius 2 is 2.37 bits per heavy atom. The Kier molecular flexibility index (Phi) is 3.91. The van der Waals surface area contributed by atoms with Gasteiger partial charge in [-0.3, -0.25) is 0 Å². The molecular weight excluding hydrogens is 252 g/mol. The molecule has 19 heavy (non-hydrogen) atoms. The molecule has 0 aliphatic carbocycles. The molecule has 0 saturated carbocycles. The number of carboxylic acids is 1. The third-order valence-corrected chi connectivity index (χ3v) is 2.84. The van der Waals surface area contributed by atoms with Crippen molar-refractivity contribution in [2.24, 2.45) is 0 Å². The molecule has 1 saturated heterocycles. The van der Waals surface area contributed by atoms with Crippen LogP contribution in [0.2, 0.25) is 0 Å². The molecule has 1 aliphatic heterocycles. The van der Waals surface area contributed by atoms with Crippen molar-refractivity contribution in [3.05, 3.63) is 24.0 Å². The van der Waals surface area contributed by atoms with Gasteiger partial charge in [0.15, 0.2) is 5.54 Å². The van der Waals surface area contributed by atoms with E-state index in [0.29, 0.717) is 12.3 Å². The summed E-state index contributed by atoms with van der Waals surface area (Å²) in [6, 6.07) is 2.84. The molecule has 8 nitrogen and oxygen atoms in total. The molecule has 1 aromatic heterocycles. The summed E-state index contributed by atoms with van der Waals surface area (Å²) in [5.41, 5.74) is -0.753. The van der Waals surface area contributed by atoms with Gasteiger partial charge in [-0.15, -0.1) is 0 Å². The van der Waals surface area contributed by atoms with Crippen LogP contribution < -0.4 is 10.6 Å². The summed E-state index contributed by atoms with van der Waals surface area (Å²) < 4.78 is 5.04. The molecule has 2 amide bonds. The number of aromatic nitrogens is 2. The number of carboxylic acid groups (broad SMARTS) is 1. The largest absolute Gasteiger partial charge is 0.479 e. The predicted octanol–water partition coefficient (Wildman–Crippen LogP) is -0.481. The average Bonchev–Trinajstić information content (AvgIpc) is 2.87. The van der Waals surface area contributed by atoms with E-state index in [9.17, 15) is 9.59 Å². The van der Waals surface area contributed by atoms with Gasteiger partial charge in [0.05, 0.1) is 18.8 Å². The molecule has 1 aromatic rings. The van der Waals surface area contributed by atoms with Gasteiger partial charge in [0.1, 0.15) is 0 Å². The number of hydrogen-bond acceptors (Lipinski definition) is 5. The highest BCUT2D eigenvalue weighted by molar-refractivity contribution is 5.86. The third-order valence-electron chi connectivity index (χ3n) is 2.84. The van der Waals surface area contributed by atoms with E-state index in [2.05, 4.69) is 20.8 Å². The number of amides is 2. The highest BCUT2D eigenvalue weighted by Gasteiger charge is 2.43. The van der Waals surface area contributed by atoms with Crippen molar-refractivity contribution in [1.29, 1.82) is 0 Å². The maximum Gasteiger partial charge on any atom is 0.332 e. The summed E-state index contributed by atoms with van der Waals surface area (Å²) in [4.78, 5) is 22.9. The van der Waals surface area contributed by atoms with E-state index in [1.54, 1.807) is 12.1 Å². The van der Waals surface area contributed by atoms with E-state index >= 15 is 0 Å². The average molecular weight is 266 g/mol. The molecule has 8 heteroatoms. The normalized spacial score (nSPS) is 21.9. The second kappa shape index (κ2) is 5.61. The lowest BCUT2D eigenvalue weighted by atomic mass is 9.99. The molecule has 102 valence electrons. The molecule has 1 fully saturated rings. The second-order valence-electron chi connectivity index (χ2n) is 4.21. The summed E-state index contributed by atoms with van der Waals surface area (Å²) in [6.07, 6.45) is 1.78. The fraction of sp³-hybridized carbons (Fsp3) is 0.455. The minimum Gasteiger partial charge on any atom is -0.479 e. The minimum absolute atomic E-state index is 0.0269. The Morgan fingerprint density at radius 1 is 1.53 bits per heavy atom. The Bertz CT molecular complexity index is 459. The van der Waals surface area contributed by atoms with Crippen LogP contribution in [0, 0.1) is 0 Å². The topological polar surface area (TPSA) is 113 Å². The Hall–Kier alpha value is -2.22. The summed E-state index contributed by atoms with van der Waals surface area (Å²) in [6.45, 7) is 0.466. The molecule has 0 bridgehead atoms. The number of nitrogens with one attached hydrogen (secondary N) is 2. The minimum atomic E-state index is -1.34. The fourth-order valence-corrected chi connectivity index (χ4v) is 1.75. The van der Waals surface area contributed by atoms with Crippen LogP contribution in [0.3, 0.4) is 0 Å².